The molecule has 0 spiro atoms. The predicted octanol–water partition coefficient (Wildman–Crippen LogP) is 6.03. The second-order valence-corrected chi connectivity index (χ2v) is 7.39. The summed E-state index contributed by atoms with van der Waals surface area (Å²) < 4.78 is 0. The van der Waals surface area contributed by atoms with Gasteiger partial charge < -0.3 is 4.90 Å². The van der Waals surface area contributed by atoms with Crippen molar-refractivity contribution in [3.63, 3.8) is 0 Å². The molecule has 1 heterocycles. The first-order chi connectivity index (χ1) is 10.0. The zero-order valence-corrected chi connectivity index (χ0v) is 15.7. The number of hydrogen-bond acceptors (Lipinski definition) is 2. The Morgan fingerprint density at radius 3 is 2.24 bits per heavy atom. The summed E-state index contributed by atoms with van der Waals surface area (Å²) in [6.45, 7) is 10.9. The van der Waals surface area contributed by atoms with Gasteiger partial charge in [-0.25, -0.2) is 0 Å². The fourth-order valence-corrected chi connectivity index (χ4v) is 3.22. The number of rotatable bonds is 3. The predicted molar refractivity (Wildman–Crippen MR) is 101 cm³/mol. The first kappa shape index (κ1) is 20.8. The Kier molecular flexibility index (Phi) is 13.3. The maximum atomic E-state index is 4.54. The van der Waals surface area contributed by atoms with Crippen molar-refractivity contribution in [2.45, 2.75) is 84.6 Å². The standard InChI is InChI=1S/C10H19N.C6H12.C3H6S/c1-11-8-4-6-9-5-2-3-7-10(9)11;1-3-5-6-4-2;1-3(2)4/h9-10H,2-8H2,1H3;3H,1,4-6H2,2H3;1-2H3. The van der Waals surface area contributed by atoms with Crippen molar-refractivity contribution >= 4 is 17.1 Å². The summed E-state index contributed by atoms with van der Waals surface area (Å²) in [4.78, 5) is 3.59. The highest BCUT2D eigenvalue weighted by molar-refractivity contribution is 7.80. The molecule has 124 valence electrons. The molecule has 0 bridgehead atoms. The van der Waals surface area contributed by atoms with Crippen LogP contribution in [0.1, 0.15) is 78.6 Å². The van der Waals surface area contributed by atoms with Gasteiger partial charge in [0, 0.05) is 6.04 Å². The highest BCUT2D eigenvalue weighted by Gasteiger charge is 2.30. The van der Waals surface area contributed by atoms with Crippen LogP contribution in [-0.4, -0.2) is 29.4 Å². The van der Waals surface area contributed by atoms with Crippen LogP contribution in [0.15, 0.2) is 12.7 Å². The Balaban J connectivity index is 0.000000342. The molecule has 1 aliphatic carbocycles. The van der Waals surface area contributed by atoms with Gasteiger partial charge in [-0.2, -0.15) is 0 Å². The summed E-state index contributed by atoms with van der Waals surface area (Å²) >= 11 is 4.54. The fraction of sp³-hybridized carbons (Fsp3) is 0.842. The number of fused-ring (bicyclic) bond motifs is 1. The van der Waals surface area contributed by atoms with Crippen LogP contribution >= 0.6 is 12.2 Å². The summed E-state index contributed by atoms with van der Waals surface area (Å²) in [6.07, 6.45) is 14.6. The zero-order chi connectivity index (χ0) is 16.1. The summed E-state index contributed by atoms with van der Waals surface area (Å²) in [7, 11) is 2.31. The fourth-order valence-electron chi connectivity index (χ4n) is 3.22. The Morgan fingerprint density at radius 2 is 1.76 bits per heavy atom. The van der Waals surface area contributed by atoms with E-state index in [2.05, 4.69) is 37.7 Å². The molecule has 2 unspecified atom stereocenters. The average molecular weight is 312 g/mol. The summed E-state index contributed by atoms with van der Waals surface area (Å²) in [5.74, 6) is 1.06. The van der Waals surface area contributed by atoms with Gasteiger partial charge in [0.25, 0.3) is 0 Å². The minimum Gasteiger partial charge on any atom is -0.303 e. The van der Waals surface area contributed by atoms with Crippen LogP contribution in [0.3, 0.4) is 0 Å². The SMILES string of the molecule is C=CCCCC.CC(C)=S.CN1CCCC2CCCCC21. The van der Waals surface area contributed by atoms with Crippen LogP contribution in [0.5, 0.6) is 0 Å². The number of hydrogen-bond donors (Lipinski definition) is 0. The van der Waals surface area contributed by atoms with Crippen molar-refractivity contribution in [2.75, 3.05) is 13.6 Å². The van der Waals surface area contributed by atoms with Crippen LogP contribution < -0.4 is 0 Å². The van der Waals surface area contributed by atoms with Gasteiger partial charge in [0.15, 0.2) is 0 Å². The lowest BCUT2D eigenvalue weighted by molar-refractivity contribution is 0.0841. The molecular formula is C19H37NS. The maximum absolute atomic E-state index is 4.54. The highest BCUT2D eigenvalue weighted by Crippen LogP contribution is 2.34. The van der Waals surface area contributed by atoms with E-state index < -0.39 is 0 Å². The van der Waals surface area contributed by atoms with Gasteiger partial charge in [-0.3, -0.25) is 0 Å². The van der Waals surface area contributed by atoms with Gasteiger partial charge in [0.05, 0.1) is 0 Å². The van der Waals surface area contributed by atoms with E-state index >= 15 is 0 Å². The first-order valence-electron chi connectivity index (χ1n) is 8.81. The number of unbranched alkanes of at least 4 members (excludes halogenated alkanes) is 2. The smallest absolute Gasteiger partial charge is 0.0120 e. The lowest BCUT2D eigenvalue weighted by atomic mass is 9.79. The molecule has 2 aliphatic rings. The van der Waals surface area contributed by atoms with E-state index in [1.165, 1.54) is 64.3 Å². The van der Waals surface area contributed by atoms with Gasteiger partial charge in [-0.05, 0) is 70.3 Å². The van der Waals surface area contributed by atoms with Crippen molar-refractivity contribution < 1.29 is 0 Å². The summed E-state index contributed by atoms with van der Waals surface area (Å²) in [5.41, 5.74) is 0. The molecule has 0 amide bonds. The second-order valence-electron chi connectivity index (χ2n) is 6.57. The van der Waals surface area contributed by atoms with Crippen LogP contribution in [0.25, 0.3) is 0 Å². The minimum absolute atomic E-state index is 0.956. The van der Waals surface area contributed by atoms with Gasteiger partial charge in [-0.1, -0.05) is 50.9 Å². The molecule has 2 atom stereocenters. The molecular weight excluding hydrogens is 274 g/mol. The van der Waals surface area contributed by atoms with E-state index in [4.69, 9.17) is 0 Å². The Hall–Kier alpha value is -0.210. The van der Waals surface area contributed by atoms with Crippen molar-refractivity contribution in [1.82, 2.24) is 4.90 Å². The lowest BCUT2D eigenvalue weighted by Gasteiger charge is -2.42. The number of thiocarbonyl (C=S) groups is 1. The normalized spacial score (nSPS) is 24.6. The lowest BCUT2D eigenvalue weighted by Crippen LogP contribution is -2.44. The van der Waals surface area contributed by atoms with Gasteiger partial charge in [0.2, 0.25) is 0 Å². The minimum atomic E-state index is 0.956. The molecule has 2 heteroatoms. The van der Waals surface area contributed by atoms with Crippen LogP contribution in [0, 0.1) is 5.92 Å². The molecule has 1 saturated heterocycles. The number of allylic oxidation sites excluding steroid dienone is 1. The molecule has 0 N–H and O–H groups in total. The average Bonchev–Trinajstić information content (AvgIpc) is 2.46. The van der Waals surface area contributed by atoms with E-state index in [0.717, 1.165) is 16.8 Å². The third-order valence-corrected chi connectivity index (χ3v) is 4.28. The third-order valence-electron chi connectivity index (χ3n) is 4.28. The van der Waals surface area contributed by atoms with Crippen LogP contribution in [0.4, 0.5) is 0 Å². The first-order valence-corrected chi connectivity index (χ1v) is 9.22. The molecule has 0 radical (unpaired) electrons. The summed E-state index contributed by atoms with van der Waals surface area (Å²) in [5, 5.41) is 0. The Bertz CT molecular complexity index is 269. The molecule has 2 fully saturated rings. The second kappa shape index (κ2) is 13.5. The molecule has 2 rings (SSSR count). The van der Waals surface area contributed by atoms with Gasteiger partial charge in [0.1, 0.15) is 0 Å². The molecule has 0 aromatic carbocycles. The third kappa shape index (κ3) is 11.1. The quantitative estimate of drug-likeness (QED) is 0.356. The van der Waals surface area contributed by atoms with E-state index in [1.807, 2.05) is 19.9 Å². The molecule has 0 aromatic heterocycles. The highest BCUT2D eigenvalue weighted by atomic mass is 32.1. The van der Waals surface area contributed by atoms with Crippen LogP contribution in [-0.2, 0) is 0 Å². The van der Waals surface area contributed by atoms with Crippen molar-refractivity contribution in [3.05, 3.63) is 12.7 Å². The van der Waals surface area contributed by atoms with Crippen molar-refractivity contribution in [1.29, 1.82) is 0 Å². The molecule has 21 heavy (non-hydrogen) atoms. The molecule has 0 aromatic rings. The Labute approximate surface area is 139 Å². The van der Waals surface area contributed by atoms with Crippen LogP contribution in [0.2, 0.25) is 0 Å². The van der Waals surface area contributed by atoms with E-state index in [-0.39, 0.29) is 0 Å². The van der Waals surface area contributed by atoms with Crippen molar-refractivity contribution in [2.24, 2.45) is 5.92 Å². The number of likely N-dealkylation sites (tertiary alicyclic amines) is 1. The van der Waals surface area contributed by atoms with E-state index in [9.17, 15) is 0 Å². The van der Waals surface area contributed by atoms with Gasteiger partial charge in [-0.15, -0.1) is 6.58 Å². The number of nitrogens with zero attached hydrogens (tertiary/aromatic N) is 1. The molecule has 1 nitrogen and oxygen atoms in total. The molecule has 1 aliphatic heterocycles. The zero-order valence-electron chi connectivity index (χ0n) is 14.9. The van der Waals surface area contributed by atoms with E-state index in [0.29, 0.717) is 0 Å². The van der Waals surface area contributed by atoms with Crippen molar-refractivity contribution in [3.8, 4) is 0 Å². The summed E-state index contributed by atoms with van der Waals surface area (Å²) in [6, 6.07) is 0.956. The number of piperidine rings is 1. The molecule has 1 saturated carbocycles. The largest absolute Gasteiger partial charge is 0.303 e. The maximum Gasteiger partial charge on any atom is 0.0120 e. The Morgan fingerprint density at radius 1 is 1.19 bits per heavy atom. The van der Waals surface area contributed by atoms with Gasteiger partial charge >= 0.3 is 0 Å². The van der Waals surface area contributed by atoms with E-state index in [1.54, 1.807) is 0 Å². The topological polar surface area (TPSA) is 3.24 Å². The monoisotopic (exact) mass is 311 g/mol.